The van der Waals surface area contributed by atoms with E-state index in [0.717, 1.165) is 11.8 Å². The molecule has 133 valence electrons. The molecular formula is C22H45. The zero-order valence-corrected chi connectivity index (χ0v) is 16.3. The average Bonchev–Trinajstić information content (AvgIpc) is 2.51. The predicted molar refractivity (Wildman–Crippen MR) is 103 cm³/mol. The standard InChI is InChI=1S/C22H45/c1-5-9-11-12-13-15-19-22(17-8-4)20-21(16-7-3)18-14-10-6-2/h20-22H,5-19H2,1-4H3. The second kappa shape index (κ2) is 17.4. The van der Waals surface area contributed by atoms with Gasteiger partial charge in [0.2, 0.25) is 0 Å². The van der Waals surface area contributed by atoms with Crippen molar-refractivity contribution in [2.24, 2.45) is 11.8 Å². The molecule has 0 N–H and O–H groups in total. The number of hydrogen-bond acceptors (Lipinski definition) is 0. The minimum absolute atomic E-state index is 0.896. The lowest BCUT2D eigenvalue weighted by atomic mass is 9.83. The van der Waals surface area contributed by atoms with Crippen molar-refractivity contribution >= 4 is 0 Å². The normalized spacial score (nSPS) is 14.2. The Bertz CT molecular complexity index is 196. The molecule has 22 heavy (non-hydrogen) atoms. The van der Waals surface area contributed by atoms with Gasteiger partial charge in [-0.2, -0.15) is 0 Å². The molecule has 0 aliphatic carbocycles. The highest BCUT2D eigenvalue weighted by molar-refractivity contribution is 4.83. The van der Waals surface area contributed by atoms with E-state index in [2.05, 4.69) is 34.1 Å². The highest BCUT2D eigenvalue weighted by atomic mass is 14.2. The summed E-state index contributed by atoms with van der Waals surface area (Å²) in [5, 5.41) is 0. The molecule has 0 rings (SSSR count). The molecule has 0 aromatic rings. The second-order valence-electron chi connectivity index (χ2n) is 7.34. The van der Waals surface area contributed by atoms with Gasteiger partial charge < -0.3 is 0 Å². The van der Waals surface area contributed by atoms with Gasteiger partial charge in [0.15, 0.2) is 0 Å². The van der Waals surface area contributed by atoms with Crippen molar-refractivity contribution in [2.45, 2.75) is 124 Å². The smallest absolute Gasteiger partial charge is 0.0324 e. The molecule has 0 fully saturated rings. The molecule has 0 aromatic carbocycles. The summed E-state index contributed by atoms with van der Waals surface area (Å²) in [7, 11) is 0. The molecule has 0 spiro atoms. The van der Waals surface area contributed by atoms with Gasteiger partial charge in [-0.3, -0.25) is 0 Å². The monoisotopic (exact) mass is 309 g/mol. The van der Waals surface area contributed by atoms with E-state index in [4.69, 9.17) is 0 Å². The third-order valence-corrected chi connectivity index (χ3v) is 4.97. The van der Waals surface area contributed by atoms with Crippen molar-refractivity contribution < 1.29 is 0 Å². The first-order chi connectivity index (χ1) is 10.8. The zero-order chi connectivity index (χ0) is 16.5. The lowest BCUT2D eigenvalue weighted by molar-refractivity contribution is 0.380. The predicted octanol–water partition coefficient (Wildman–Crippen LogP) is 8.35. The van der Waals surface area contributed by atoms with Crippen molar-refractivity contribution in [3.63, 3.8) is 0 Å². The van der Waals surface area contributed by atoms with E-state index < -0.39 is 0 Å². The van der Waals surface area contributed by atoms with Crippen LogP contribution in [0.25, 0.3) is 0 Å². The van der Waals surface area contributed by atoms with Gasteiger partial charge in [-0.25, -0.2) is 0 Å². The number of rotatable bonds is 17. The number of unbranched alkanes of at least 4 members (excludes halogenated alkanes) is 7. The summed E-state index contributed by atoms with van der Waals surface area (Å²) in [5.41, 5.74) is 0. The maximum Gasteiger partial charge on any atom is -0.0324 e. The molecule has 2 atom stereocenters. The van der Waals surface area contributed by atoms with Gasteiger partial charge in [0.25, 0.3) is 0 Å². The Labute approximate surface area is 142 Å². The molecular weight excluding hydrogens is 264 g/mol. The molecule has 0 heteroatoms. The lowest BCUT2D eigenvalue weighted by Crippen LogP contribution is -2.11. The van der Waals surface area contributed by atoms with Crippen molar-refractivity contribution in [3.05, 3.63) is 6.42 Å². The van der Waals surface area contributed by atoms with Crippen LogP contribution in [0.3, 0.4) is 0 Å². The zero-order valence-electron chi connectivity index (χ0n) is 16.3. The summed E-state index contributed by atoms with van der Waals surface area (Å²) in [5.74, 6) is 1.79. The summed E-state index contributed by atoms with van der Waals surface area (Å²) in [6, 6.07) is 0. The molecule has 0 aliphatic rings. The summed E-state index contributed by atoms with van der Waals surface area (Å²) in [6.07, 6.45) is 24.0. The molecule has 0 saturated carbocycles. The molecule has 1 radical (unpaired) electrons. The molecule has 2 unspecified atom stereocenters. The van der Waals surface area contributed by atoms with E-state index in [0.29, 0.717) is 0 Å². The van der Waals surface area contributed by atoms with E-state index in [-0.39, 0.29) is 0 Å². The fraction of sp³-hybridized carbons (Fsp3) is 0.955. The molecule has 0 amide bonds. The molecule has 0 bridgehead atoms. The molecule has 0 nitrogen and oxygen atoms in total. The third-order valence-electron chi connectivity index (χ3n) is 4.97. The van der Waals surface area contributed by atoms with Crippen LogP contribution < -0.4 is 0 Å². The minimum atomic E-state index is 0.896. The van der Waals surface area contributed by atoms with Crippen LogP contribution >= 0.6 is 0 Å². The first kappa shape index (κ1) is 22.0. The summed E-state index contributed by atoms with van der Waals surface area (Å²) in [6.45, 7) is 9.33. The Morgan fingerprint density at radius 3 is 1.36 bits per heavy atom. The van der Waals surface area contributed by atoms with Crippen molar-refractivity contribution in [2.75, 3.05) is 0 Å². The van der Waals surface area contributed by atoms with Crippen LogP contribution in [0.5, 0.6) is 0 Å². The highest BCUT2D eigenvalue weighted by Crippen LogP contribution is 2.28. The largest absolute Gasteiger partial charge is 0.0654 e. The van der Waals surface area contributed by atoms with Crippen LogP contribution in [0.1, 0.15) is 124 Å². The van der Waals surface area contributed by atoms with Gasteiger partial charge in [-0.05, 0) is 18.3 Å². The summed E-state index contributed by atoms with van der Waals surface area (Å²) in [4.78, 5) is 0. The van der Waals surface area contributed by atoms with E-state index in [1.807, 2.05) is 0 Å². The maximum absolute atomic E-state index is 2.77. The SMILES string of the molecule is CCCCCCCCC([CH]C(CCC)CCCCC)CCC. The molecule has 0 aromatic heterocycles. The van der Waals surface area contributed by atoms with E-state index in [9.17, 15) is 0 Å². The van der Waals surface area contributed by atoms with E-state index in [1.54, 1.807) is 0 Å². The van der Waals surface area contributed by atoms with Gasteiger partial charge in [0, 0.05) is 0 Å². The fourth-order valence-corrected chi connectivity index (χ4v) is 3.64. The van der Waals surface area contributed by atoms with Crippen LogP contribution in [0.4, 0.5) is 0 Å². The molecule has 0 aliphatic heterocycles. The summed E-state index contributed by atoms with van der Waals surface area (Å²) >= 11 is 0. The van der Waals surface area contributed by atoms with Crippen LogP contribution in [0.15, 0.2) is 0 Å². The topological polar surface area (TPSA) is 0 Å². The van der Waals surface area contributed by atoms with Gasteiger partial charge in [0.05, 0.1) is 0 Å². The highest BCUT2D eigenvalue weighted by Gasteiger charge is 2.15. The molecule has 0 saturated heterocycles. The minimum Gasteiger partial charge on any atom is -0.0654 e. The van der Waals surface area contributed by atoms with Crippen molar-refractivity contribution in [1.29, 1.82) is 0 Å². The van der Waals surface area contributed by atoms with E-state index >= 15 is 0 Å². The number of hydrogen-bond donors (Lipinski definition) is 0. The van der Waals surface area contributed by atoms with Gasteiger partial charge in [-0.15, -0.1) is 0 Å². The van der Waals surface area contributed by atoms with Crippen molar-refractivity contribution in [1.82, 2.24) is 0 Å². The van der Waals surface area contributed by atoms with Gasteiger partial charge >= 0.3 is 0 Å². The summed E-state index contributed by atoms with van der Waals surface area (Å²) < 4.78 is 0. The Morgan fingerprint density at radius 1 is 0.455 bits per heavy atom. The quantitative estimate of drug-likeness (QED) is 0.237. The Morgan fingerprint density at radius 2 is 0.864 bits per heavy atom. The Hall–Kier alpha value is 0. The van der Waals surface area contributed by atoms with Crippen molar-refractivity contribution in [3.8, 4) is 0 Å². The van der Waals surface area contributed by atoms with Crippen LogP contribution in [0.2, 0.25) is 0 Å². The first-order valence-corrected chi connectivity index (χ1v) is 10.6. The first-order valence-electron chi connectivity index (χ1n) is 10.6. The lowest BCUT2D eigenvalue weighted by Gasteiger charge is -2.23. The fourth-order valence-electron chi connectivity index (χ4n) is 3.64. The Kier molecular flexibility index (Phi) is 17.4. The molecule has 0 heterocycles. The Balaban J connectivity index is 3.98. The van der Waals surface area contributed by atoms with Crippen LogP contribution in [0, 0.1) is 18.3 Å². The maximum atomic E-state index is 2.77. The average molecular weight is 310 g/mol. The van der Waals surface area contributed by atoms with Gasteiger partial charge in [0.1, 0.15) is 0 Å². The third kappa shape index (κ3) is 13.6. The second-order valence-corrected chi connectivity index (χ2v) is 7.34. The van der Waals surface area contributed by atoms with Gasteiger partial charge in [-0.1, -0.05) is 124 Å². The van der Waals surface area contributed by atoms with E-state index in [1.165, 1.54) is 96.3 Å². The van der Waals surface area contributed by atoms with Crippen LogP contribution in [-0.2, 0) is 0 Å². The van der Waals surface area contributed by atoms with Crippen LogP contribution in [-0.4, -0.2) is 0 Å².